The zero-order chi connectivity index (χ0) is 4.99. The van der Waals surface area contributed by atoms with Gasteiger partial charge in [-0.3, -0.25) is 0 Å². The Morgan fingerprint density at radius 3 is 2.29 bits per heavy atom. The molecule has 0 aromatic heterocycles. The molecule has 0 rings (SSSR count). The van der Waals surface area contributed by atoms with Crippen molar-refractivity contribution in [2.75, 3.05) is 0 Å². The van der Waals surface area contributed by atoms with Gasteiger partial charge in [-0.25, -0.2) is 0 Å². The number of rotatable bonds is 0. The minimum Gasteiger partial charge on any atom is -0.606 e. The van der Waals surface area contributed by atoms with Gasteiger partial charge in [0.25, 0.3) is 0 Å². The van der Waals surface area contributed by atoms with Crippen LogP contribution in [0.2, 0.25) is 0 Å². The largest absolute Gasteiger partial charge is 0.606 e. The van der Waals surface area contributed by atoms with Crippen molar-refractivity contribution < 1.29 is 37.8 Å². The van der Waals surface area contributed by atoms with E-state index in [-0.39, 0.29) is 38.3 Å². The van der Waals surface area contributed by atoms with Crippen molar-refractivity contribution in [3.63, 3.8) is 0 Å². The maximum Gasteiger partial charge on any atom is 0 e. The van der Waals surface area contributed by atoms with Gasteiger partial charge in [0.15, 0.2) is 0 Å². The second-order valence-corrected chi connectivity index (χ2v) is 0.849. The van der Waals surface area contributed by atoms with Crippen LogP contribution in [0.5, 0.6) is 0 Å². The number of nitriles is 1. The molecule has 3 heteroatoms. The van der Waals surface area contributed by atoms with Gasteiger partial charge in [0.1, 0.15) is 0 Å². The van der Waals surface area contributed by atoms with Crippen molar-refractivity contribution in [3.05, 3.63) is 11.8 Å². The van der Waals surface area contributed by atoms with Crippen LogP contribution in [0, 0.1) is 17.6 Å². The summed E-state index contributed by atoms with van der Waals surface area (Å²) in [5.74, 6) is 0. The molecule has 0 saturated carbocycles. The predicted molar refractivity (Wildman–Crippen MR) is 20.7 cm³/mol. The van der Waals surface area contributed by atoms with Gasteiger partial charge < -0.3 is 10.4 Å². The van der Waals surface area contributed by atoms with Gasteiger partial charge in [0.05, 0.1) is 0 Å². The van der Waals surface area contributed by atoms with Crippen LogP contribution in [0.3, 0.4) is 0 Å². The van der Waals surface area contributed by atoms with E-state index in [0.717, 1.165) is 0 Å². The quantitative estimate of drug-likeness (QED) is 0.332. The smallest absolute Gasteiger partial charge is 0 e. The molecule has 0 amide bonds. The molecule has 0 aromatic carbocycles. The molecule has 2 nitrogen and oxygen atoms in total. The van der Waals surface area contributed by atoms with Crippen LogP contribution in [0.1, 0.15) is 6.92 Å². The van der Waals surface area contributed by atoms with Crippen LogP contribution < -0.4 is 0 Å². The maximum absolute atomic E-state index is 7.83. The fourth-order valence-electron chi connectivity index (χ4n) is 0.0250. The van der Waals surface area contributed by atoms with Gasteiger partial charge in [-0.05, 0) is 0 Å². The molecule has 0 spiro atoms. The first kappa shape index (κ1) is 10.2. The molecule has 0 atom stereocenters. The summed E-state index contributed by atoms with van der Waals surface area (Å²) in [5, 5.41) is 15.7. The van der Waals surface area contributed by atoms with E-state index in [1.54, 1.807) is 12.3 Å². The monoisotopic (exact) mass is 171 g/mol. The van der Waals surface area contributed by atoms with E-state index in [0.29, 0.717) is 0 Å². The molecule has 1 N–H and O–H groups in total. The Hall–Kier alpha value is 0.134. The summed E-state index contributed by atoms with van der Waals surface area (Å²) in [6, 6.07) is 1.67. The number of nitrogens with zero attached hydrogens (tertiary/aromatic N) is 1. The average molecular weight is 171 g/mol. The van der Waals surface area contributed by atoms with Gasteiger partial charge >= 0.3 is 0 Å². The van der Waals surface area contributed by atoms with E-state index in [1.807, 2.05) is 0 Å². The standard InChI is InChI=1S/C4H4NO.Y/c1-4(2-5)3-6;/h6H,1H3;/q-1;. The third-order valence-electron chi connectivity index (χ3n) is 0.335. The molecule has 0 unspecified atom stereocenters. The normalized spacial score (nSPS) is 8.86. The molecule has 0 fully saturated rings. The van der Waals surface area contributed by atoms with Crippen LogP contribution >= 0.6 is 0 Å². The molecule has 0 aliphatic heterocycles. The predicted octanol–water partition coefficient (Wildman–Crippen LogP) is 0.772. The summed E-state index contributed by atoms with van der Waals surface area (Å²) >= 11 is 0. The Labute approximate surface area is 67.7 Å². The summed E-state index contributed by atoms with van der Waals surface area (Å²) < 4.78 is 0. The van der Waals surface area contributed by atoms with Crippen molar-refractivity contribution in [2.24, 2.45) is 0 Å². The van der Waals surface area contributed by atoms with Crippen LogP contribution in [0.15, 0.2) is 5.57 Å². The molecule has 0 aromatic rings. The average Bonchev–Trinajstić information content (AvgIpc) is 1.65. The summed E-state index contributed by atoms with van der Waals surface area (Å²) in [5.41, 5.74) is 0.204. The Kier molecular flexibility index (Phi) is 8.92. The first-order valence-electron chi connectivity index (χ1n) is 1.45. The van der Waals surface area contributed by atoms with Gasteiger partial charge in [-0.2, -0.15) is 0 Å². The van der Waals surface area contributed by atoms with Gasteiger partial charge in [-0.1, -0.05) is 13.2 Å². The van der Waals surface area contributed by atoms with Crippen molar-refractivity contribution in [2.45, 2.75) is 6.92 Å². The Balaban J connectivity index is 0. The number of hydrogen-bond acceptors (Lipinski definition) is 2. The van der Waals surface area contributed by atoms with Gasteiger partial charge in [0, 0.05) is 32.7 Å². The van der Waals surface area contributed by atoms with E-state index in [4.69, 9.17) is 10.4 Å². The summed E-state index contributed by atoms with van der Waals surface area (Å²) in [6.45, 7) is 1.47. The van der Waals surface area contributed by atoms with Crippen molar-refractivity contribution >= 4 is 0 Å². The third kappa shape index (κ3) is 6.13. The summed E-state index contributed by atoms with van der Waals surface area (Å²) in [6.07, 6.45) is 1.67. The summed E-state index contributed by atoms with van der Waals surface area (Å²) in [7, 11) is 0. The molecule has 0 heterocycles. The van der Waals surface area contributed by atoms with Gasteiger partial charge in [-0.15, -0.1) is 11.6 Å². The molecule has 0 bridgehead atoms. The van der Waals surface area contributed by atoms with Crippen LogP contribution in [-0.4, -0.2) is 5.11 Å². The van der Waals surface area contributed by atoms with E-state index in [9.17, 15) is 0 Å². The Morgan fingerprint density at radius 2 is 2.29 bits per heavy atom. The van der Waals surface area contributed by atoms with E-state index in [2.05, 4.69) is 0 Å². The number of aliphatic hydroxyl groups excluding tert-OH is 1. The first-order chi connectivity index (χ1) is 2.81. The number of hydrogen-bond donors (Lipinski definition) is 1. The number of allylic oxidation sites excluding steroid dienone is 1. The zero-order valence-corrected chi connectivity index (χ0v) is 6.81. The molecule has 0 aliphatic rings. The fourth-order valence-corrected chi connectivity index (χ4v) is 0.0250. The maximum atomic E-state index is 7.83. The second-order valence-electron chi connectivity index (χ2n) is 0.849. The molecular formula is C4H4NOY-. The summed E-state index contributed by atoms with van der Waals surface area (Å²) in [4.78, 5) is 0. The topological polar surface area (TPSA) is 44.0 Å². The molecular weight excluding hydrogens is 167 g/mol. The molecule has 0 saturated heterocycles. The first-order valence-corrected chi connectivity index (χ1v) is 1.45. The van der Waals surface area contributed by atoms with Crippen molar-refractivity contribution in [3.8, 4) is 6.07 Å². The molecule has 0 aliphatic carbocycles. The van der Waals surface area contributed by atoms with Gasteiger partial charge in [0.2, 0.25) is 0 Å². The van der Waals surface area contributed by atoms with Crippen LogP contribution in [0.25, 0.3) is 0 Å². The SMILES string of the molecule is CC(C#N)=[C-]O.[Y]. The third-order valence-corrected chi connectivity index (χ3v) is 0.335. The minimum atomic E-state index is 0. The zero-order valence-electron chi connectivity index (χ0n) is 3.97. The van der Waals surface area contributed by atoms with E-state index < -0.39 is 0 Å². The molecule has 1 radical (unpaired) electrons. The second kappa shape index (κ2) is 6.13. The van der Waals surface area contributed by atoms with Crippen LogP contribution in [-0.2, 0) is 32.7 Å². The van der Waals surface area contributed by atoms with Crippen molar-refractivity contribution in [1.82, 2.24) is 0 Å². The van der Waals surface area contributed by atoms with E-state index in [1.165, 1.54) is 6.92 Å². The van der Waals surface area contributed by atoms with Crippen LogP contribution in [0.4, 0.5) is 0 Å². The molecule has 7 heavy (non-hydrogen) atoms. The van der Waals surface area contributed by atoms with Crippen molar-refractivity contribution in [1.29, 1.82) is 5.26 Å². The number of aliphatic hydroxyl groups is 1. The Morgan fingerprint density at radius 1 is 1.86 bits per heavy atom. The Bertz CT molecular complexity index is 103. The minimum absolute atomic E-state index is 0. The van der Waals surface area contributed by atoms with E-state index >= 15 is 0 Å². The fraction of sp³-hybridized carbons (Fsp3) is 0.250. The molecule has 35 valence electrons.